The molecule has 1 N–H and O–H groups in total. The lowest BCUT2D eigenvalue weighted by molar-refractivity contribution is 0.414. The zero-order valence-electron chi connectivity index (χ0n) is 13.3. The van der Waals surface area contributed by atoms with E-state index < -0.39 is 0 Å². The second-order valence-electron chi connectivity index (χ2n) is 5.52. The van der Waals surface area contributed by atoms with Crippen molar-refractivity contribution in [2.24, 2.45) is 0 Å². The fourth-order valence-electron chi connectivity index (χ4n) is 2.77. The van der Waals surface area contributed by atoms with Crippen LogP contribution in [0.1, 0.15) is 5.56 Å². The van der Waals surface area contributed by atoms with Crippen molar-refractivity contribution in [3.8, 4) is 5.75 Å². The van der Waals surface area contributed by atoms with E-state index in [0.717, 1.165) is 41.0 Å². The molecular formula is C19H17N3O2. The molecule has 0 atom stereocenters. The van der Waals surface area contributed by atoms with Crippen LogP contribution in [0.5, 0.6) is 5.75 Å². The first-order chi connectivity index (χ1) is 11.8. The van der Waals surface area contributed by atoms with Crippen molar-refractivity contribution in [2.45, 2.75) is 6.42 Å². The van der Waals surface area contributed by atoms with Gasteiger partial charge in [-0.15, -0.1) is 0 Å². The molecule has 4 rings (SSSR count). The third kappa shape index (κ3) is 2.65. The number of anilines is 1. The van der Waals surface area contributed by atoms with Gasteiger partial charge in [0, 0.05) is 11.9 Å². The van der Waals surface area contributed by atoms with E-state index in [4.69, 9.17) is 9.15 Å². The third-order valence-corrected chi connectivity index (χ3v) is 4.02. The molecule has 0 saturated carbocycles. The Morgan fingerprint density at radius 3 is 2.71 bits per heavy atom. The van der Waals surface area contributed by atoms with Crippen molar-refractivity contribution in [3.63, 3.8) is 0 Å². The quantitative estimate of drug-likeness (QED) is 0.601. The Morgan fingerprint density at radius 2 is 1.88 bits per heavy atom. The van der Waals surface area contributed by atoms with E-state index in [-0.39, 0.29) is 0 Å². The predicted octanol–water partition coefficient (Wildman–Crippen LogP) is 4.04. The lowest BCUT2D eigenvalue weighted by Gasteiger charge is -2.06. The molecule has 0 aliphatic rings. The highest BCUT2D eigenvalue weighted by Crippen LogP contribution is 2.30. The minimum atomic E-state index is 0.702. The number of rotatable bonds is 5. The van der Waals surface area contributed by atoms with E-state index in [1.54, 1.807) is 13.4 Å². The van der Waals surface area contributed by atoms with Crippen molar-refractivity contribution >= 4 is 27.9 Å². The van der Waals surface area contributed by atoms with Gasteiger partial charge in [-0.05, 0) is 36.2 Å². The summed E-state index contributed by atoms with van der Waals surface area (Å²) in [6.45, 7) is 0.759. The van der Waals surface area contributed by atoms with Gasteiger partial charge in [0.1, 0.15) is 23.2 Å². The summed E-state index contributed by atoms with van der Waals surface area (Å²) in [6.07, 6.45) is 2.45. The fraction of sp³-hybridized carbons (Fsp3) is 0.158. The lowest BCUT2D eigenvalue weighted by atomic mass is 10.1. The summed E-state index contributed by atoms with van der Waals surface area (Å²) in [5.41, 5.74) is 3.60. The Balaban J connectivity index is 1.53. The summed E-state index contributed by atoms with van der Waals surface area (Å²) >= 11 is 0. The van der Waals surface area contributed by atoms with E-state index in [1.165, 1.54) is 5.56 Å². The lowest BCUT2D eigenvalue weighted by Crippen LogP contribution is -2.06. The van der Waals surface area contributed by atoms with Gasteiger partial charge in [0.2, 0.25) is 0 Å². The van der Waals surface area contributed by atoms with Gasteiger partial charge in [-0.3, -0.25) is 0 Å². The number of para-hydroxylation sites is 1. The first-order valence-corrected chi connectivity index (χ1v) is 7.84. The van der Waals surface area contributed by atoms with E-state index in [1.807, 2.05) is 36.4 Å². The van der Waals surface area contributed by atoms with Crippen LogP contribution in [0.15, 0.2) is 59.3 Å². The van der Waals surface area contributed by atoms with Gasteiger partial charge in [0.05, 0.1) is 7.11 Å². The molecule has 5 nitrogen and oxygen atoms in total. The number of ether oxygens (including phenoxy) is 1. The van der Waals surface area contributed by atoms with Crippen molar-refractivity contribution < 1.29 is 9.15 Å². The number of nitrogens with zero attached hydrogens (tertiary/aromatic N) is 2. The standard InChI is InChI=1S/C19H17N3O2/c1-23-14-8-6-13(7-9-14)10-11-20-19-18-17(21-12-22-19)15-4-2-3-5-16(15)24-18/h2-9,12H,10-11H2,1H3,(H,20,21,22). The molecule has 0 saturated heterocycles. The number of aromatic nitrogens is 2. The van der Waals surface area contributed by atoms with Crippen LogP contribution in [0.3, 0.4) is 0 Å². The molecule has 0 radical (unpaired) electrons. The number of hydrogen-bond donors (Lipinski definition) is 1. The molecular weight excluding hydrogens is 302 g/mol. The molecule has 0 fully saturated rings. The molecule has 4 aromatic rings. The number of furan rings is 1. The third-order valence-electron chi connectivity index (χ3n) is 4.02. The molecule has 2 aromatic carbocycles. The van der Waals surface area contributed by atoms with Crippen LogP contribution in [0.2, 0.25) is 0 Å². The molecule has 120 valence electrons. The summed E-state index contributed by atoms with van der Waals surface area (Å²) in [5, 5.41) is 4.36. The summed E-state index contributed by atoms with van der Waals surface area (Å²) < 4.78 is 11.1. The topological polar surface area (TPSA) is 60.2 Å². The van der Waals surface area contributed by atoms with Crippen molar-refractivity contribution in [3.05, 3.63) is 60.4 Å². The van der Waals surface area contributed by atoms with Gasteiger partial charge < -0.3 is 14.5 Å². The van der Waals surface area contributed by atoms with E-state index in [0.29, 0.717) is 5.58 Å². The molecule has 2 heterocycles. The van der Waals surface area contributed by atoms with E-state index in [2.05, 4.69) is 27.4 Å². The van der Waals surface area contributed by atoms with Crippen molar-refractivity contribution in [1.82, 2.24) is 9.97 Å². The Labute approximate surface area is 139 Å². The second-order valence-corrected chi connectivity index (χ2v) is 5.52. The molecule has 2 aromatic heterocycles. The minimum Gasteiger partial charge on any atom is -0.497 e. The van der Waals surface area contributed by atoms with Crippen LogP contribution < -0.4 is 10.1 Å². The average Bonchev–Trinajstić information content (AvgIpc) is 3.02. The SMILES string of the molecule is COc1ccc(CCNc2ncnc3c2oc2ccccc23)cc1. The van der Waals surface area contributed by atoms with Gasteiger partial charge in [-0.25, -0.2) is 9.97 Å². The normalized spacial score (nSPS) is 11.0. The Bertz CT molecular complexity index is 977. The van der Waals surface area contributed by atoms with Gasteiger partial charge in [0.25, 0.3) is 0 Å². The second kappa shape index (κ2) is 6.20. The predicted molar refractivity (Wildman–Crippen MR) is 94.5 cm³/mol. The maximum absolute atomic E-state index is 5.91. The maximum atomic E-state index is 5.91. The largest absolute Gasteiger partial charge is 0.497 e. The zero-order valence-corrected chi connectivity index (χ0v) is 13.3. The number of benzene rings is 2. The first-order valence-electron chi connectivity index (χ1n) is 7.84. The van der Waals surface area contributed by atoms with Crippen LogP contribution in [0, 0.1) is 0 Å². The number of fused-ring (bicyclic) bond motifs is 3. The van der Waals surface area contributed by atoms with Gasteiger partial charge in [-0.1, -0.05) is 24.3 Å². The highest BCUT2D eigenvalue weighted by Gasteiger charge is 2.12. The Morgan fingerprint density at radius 1 is 1.04 bits per heavy atom. The van der Waals surface area contributed by atoms with Crippen LogP contribution in [-0.4, -0.2) is 23.6 Å². The zero-order chi connectivity index (χ0) is 16.4. The highest BCUT2D eigenvalue weighted by atomic mass is 16.5. The number of hydrogen-bond acceptors (Lipinski definition) is 5. The van der Waals surface area contributed by atoms with Gasteiger partial charge in [-0.2, -0.15) is 0 Å². The van der Waals surface area contributed by atoms with E-state index >= 15 is 0 Å². The average molecular weight is 319 g/mol. The number of methoxy groups -OCH3 is 1. The summed E-state index contributed by atoms with van der Waals surface area (Å²) in [4.78, 5) is 8.68. The molecule has 0 amide bonds. The van der Waals surface area contributed by atoms with Crippen LogP contribution >= 0.6 is 0 Å². The van der Waals surface area contributed by atoms with Crippen LogP contribution in [0.25, 0.3) is 22.1 Å². The van der Waals surface area contributed by atoms with E-state index in [9.17, 15) is 0 Å². The fourth-order valence-corrected chi connectivity index (χ4v) is 2.77. The van der Waals surface area contributed by atoms with Crippen molar-refractivity contribution in [2.75, 3.05) is 19.0 Å². The summed E-state index contributed by atoms with van der Waals surface area (Å²) in [5.74, 6) is 1.59. The van der Waals surface area contributed by atoms with Crippen LogP contribution in [-0.2, 0) is 6.42 Å². The molecule has 0 unspecified atom stereocenters. The molecule has 0 aliphatic carbocycles. The first kappa shape index (κ1) is 14.5. The molecule has 0 spiro atoms. The maximum Gasteiger partial charge on any atom is 0.196 e. The molecule has 0 aliphatic heterocycles. The molecule has 5 heteroatoms. The minimum absolute atomic E-state index is 0.702. The number of nitrogens with one attached hydrogen (secondary N) is 1. The Hall–Kier alpha value is -3.08. The molecule has 0 bridgehead atoms. The Kier molecular flexibility index (Phi) is 3.75. The highest BCUT2D eigenvalue weighted by molar-refractivity contribution is 6.05. The van der Waals surface area contributed by atoms with Gasteiger partial charge in [0.15, 0.2) is 11.4 Å². The summed E-state index contributed by atoms with van der Waals surface area (Å²) in [6, 6.07) is 16.0. The van der Waals surface area contributed by atoms with Crippen LogP contribution in [0.4, 0.5) is 5.82 Å². The van der Waals surface area contributed by atoms with Crippen molar-refractivity contribution in [1.29, 1.82) is 0 Å². The monoisotopic (exact) mass is 319 g/mol. The molecule has 24 heavy (non-hydrogen) atoms. The van der Waals surface area contributed by atoms with Gasteiger partial charge >= 0.3 is 0 Å². The smallest absolute Gasteiger partial charge is 0.196 e. The summed E-state index contributed by atoms with van der Waals surface area (Å²) in [7, 11) is 1.67.